The summed E-state index contributed by atoms with van der Waals surface area (Å²) in [6.45, 7) is 1.69. The van der Waals surface area contributed by atoms with Gasteiger partial charge in [-0.3, -0.25) is 14.3 Å². The molecular formula is C24H25FN4O2. The number of aromatic nitrogens is 3. The minimum atomic E-state index is -0.408. The molecule has 1 fully saturated rings. The lowest BCUT2D eigenvalue weighted by Gasteiger charge is -2.32. The van der Waals surface area contributed by atoms with E-state index in [2.05, 4.69) is 10.1 Å². The van der Waals surface area contributed by atoms with Crippen LogP contribution in [-0.4, -0.2) is 44.4 Å². The monoisotopic (exact) mass is 420 g/mol. The fraction of sp³-hybridized carbons (Fsp3) is 0.333. The molecule has 1 saturated heterocycles. The van der Waals surface area contributed by atoms with E-state index < -0.39 is 5.82 Å². The Labute approximate surface area is 180 Å². The summed E-state index contributed by atoms with van der Waals surface area (Å²) in [6, 6.07) is 13.9. The van der Waals surface area contributed by atoms with Gasteiger partial charge in [-0.2, -0.15) is 5.10 Å². The number of halogens is 1. The highest BCUT2D eigenvalue weighted by Crippen LogP contribution is 2.26. The van der Waals surface area contributed by atoms with E-state index in [9.17, 15) is 14.0 Å². The lowest BCUT2D eigenvalue weighted by Crippen LogP contribution is -2.42. The first-order valence-corrected chi connectivity index (χ1v) is 10.6. The van der Waals surface area contributed by atoms with Crippen LogP contribution in [0.15, 0.2) is 61.2 Å². The molecular weight excluding hydrogens is 395 g/mol. The van der Waals surface area contributed by atoms with Crippen LogP contribution >= 0.6 is 0 Å². The average molecular weight is 420 g/mol. The number of ketones is 1. The number of Topliss-reactive ketones (excluding diaryl/α,β-unsaturated/α-hetero) is 1. The fourth-order valence-electron chi connectivity index (χ4n) is 4.07. The smallest absolute Gasteiger partial charge is 0.222 e. The molecule has 31 heavy (non-hydrogen) atoms. The second-order valence-electron chi connectivity index (χ2n) is 7.87. The van der Waals surface area contributed by atoms with Crippen molar-refractivity contribution in [2.45, 2.75) is 32.2 Å². The second-order valence-corrected chi connectivity index (χ2v) is 7.87. The van der Waals surface area contributed by atoms with Gasteiger partial charge in [0.05, 0.1) is 0 Å². The molecule has 0 unspecified atom stereocenters. The molecule has 1 atom stereocenters. The first-order valence-electron chi connectivity index (χ1n) is 10.6. The number of carbonyl (C=O) groups excluding carboxylic acids is 2. The number of aryl methyl sites for hydroxylation is 1. The van der Waals surface area contributed by atoms with Crippen molar-refractivity contribution in [2.24, 2.45) is 5.92 Å². The molecule has 0 radical (unpaired) electrons. The zero-order valence-electron chi connectivity index (χ0n) is 17.3. The Hall–Kier alpha value is -3.35. The maximum Gasteiger partial charge on any atom is 0.222 e. The van der Waals surface area contributed by atoms with Crippen molar-refractivity contribution in [1.82, 2.24) is 19.7 Å². The quantitative estimate of drug-likeness (QED) is 0.542. The van der Waals surface area contributed by atoms with Crippen LogP contribution in [0.4, 0.5) is 4.39 Å². The van der Waals surface area contributed by atoms with Crippen molar-refractivity contribution in [3.05, 3.63) is 72.6 Å². The molecule has 1 aromatic heterocycles. The Morgan fingerprint density at radius 3 is 2.71 bits per heavy atom. The normalized spacial score (nSPS) is 16.3. The van der Waals surface area contributed by atoms with Gasteiger partial charge in [0.1, 0.15) is 18.5 Å². The van der Waals surface area contributed by atoms with E-state index >= 15 is 0 Å². The third kappa shape index (κ3) is 5.05. The van der Waals surface area contributed by atoms with Gasteiger partial charge in [-0.25, -0.2) is 9.37 Å². The van der Waals surface area contributed by atoms with E-state index in [0.717, 1.165) is 12.0 Å². The molecule has 0 spiro atoms. The zero-order chi connectivity index (χ0) is 21.6. The SMILES string of the molecule is O=C(c1ccc(-c2ccccc2)c(F)c1)[C@H]1CCCN(C(=O)CCCn2cncn2)C1. The molecule has 1 aliphatic rings. The maximum absolute atomic E-state index is 14.7. The number of amides is 1. The first kappa shape index (κ1) is 20.9. The first-order chi connectivity index (χ1) is 15.1. The Bertz CT molecular complexity index is 1040. The number of nitrogens with zero attached hydrogens (tertiary/aromatic N) is 4. The van der Waals surface area contributed by atoms with E-state index in [0.29, 0.717) is 50.0 Å². The zero-order valence-corrected chi connectivity index (χ0v) is 17.3. The molecule has 2 heterocycles. The maximum atomic E-state index is 14.7. The summed E-state index contributed by atoms with van der Waals surface area (Å²) in [5, 5.41) is 4.03. The molecule has 0 N–H and O–H groups in total. The van der Waals surface area contributed by atoms with Gasteiger partial charge in [0.15, 0.2) is 5.78 Å². The highest BCUT2D eigenvalue weighted by Gasteiger charge is 2.29. The fourth-order valence-corrected chi connectivity index (χ4v) is 4.07. The Morgan fingerprint density at radius 2 is 1.97 bits per heavy atom. The van der Waals surface area contributed by atoms with Crippen molar-refractivity contribution in [3.63, 3.8) is 0 Å². The molecule has 1 amide bonds. The number of hydrogen-bond donors (Lipinski definition) is 0. The number of piperidine rings is 1. The van der Waals surface area contributed by atoms with Crippen LogP contribution in [0, 0.1) is 11.7 Å². The van der Waals surface area contributed by atoms with E-state index in [1.54, 1.807) is 28.0 Å². The number of hydrogen-bond acceptors (Lipinski definition) is 4. The number of likely N-dealkylation sites (tertiary alicyclic amines) is 1. The molecule has 6 nitrogen and oxygen atoms in total. The Morgan fingerprint density at radius 1 is 1.13 bits per heavy atom. The summed E-state index contributed by atoms with van der Waals surface area (Å²) in [6.07, 6.45) is 5.66. The van der Waals surface area contributed by atoms with Crippen molar-refractivity contribution < 1.29 is 14.0 Å². The van der Waals surface area contributed by atoms with E-state index in [1.165, 1.54) is 12.4 Å². The number of carbonyl (C=O) groups is 2. The molecule has 160 valence electrons. The number of rotatable bonds is 7. The highest BCUT2D eigenvalue weighted by atomic mass is 19.1. The molecule has 3 aromatic rings. The molecule has 2 aromatic carbocycles. The Kier molecular flexibility index (Phi) is 6.50. The summed E-state index contributed by atoms with van der Waals surface area (Å²) in [5.74, 6) is -0.759. The van der Waals surface area contributed by atoms with E-state index in [4.69, 9.17) is 0 Å². The van der Waals surface area contributed by atoms with Gasteiger partial charge in [-0.05, 0) is 30.9 Å². The molecule has 0 bridgehead atoms. The third-order valence-electron chi connectivity index (χ3n) is 5.73. The highest BCUT2D eigenvalue weighted by molar-refractivity contribution is 5.98. The lowest BCUT2D eigenvalue weighted by atomic mass is 9.89. The van der Waals surface area contributed by atoms with E-state index in [1.807, 2.05) is 30.3 Å². The summed E-state index contributed by atoms with van der Waals surface area (Å²) in [5.41, 5.74) is 1.62. The summed E-state index contributed by atoms with van der Waals surface area (Å²) < 4.78 is 16.4. The van der Waals surface area contributed by atoms with Crippen LogP contribution in [0.2, 0.25) is 0 Å². The second kappa shape index (κ2) is 9.64. The van der Waals surface area contributed by atoms with Crippen molar-refractivity contribution >= 4 is 11.7 Å². The van der Waals surface area contributed by atoms with E-state index in [-0.39, 0.29) is 17.6 Å². The van der Waals surface area contributed by atoms with Crippen LogP contribution < -0.4 is 0 Å². The summed E-state index contributed by atoms with van der Waals surface area (Å²) in [7, 11) is 0. The molecule has 0 aliphatic carbocycles. The topological polar surface area (TPSA) is 68.1 Å². The summed E-state index contributed by atoms with van der Waals surface area (Å²) >= 11 is 0. The predicted molar refractivity (Wildman–Crippen MR) is 115 cm³/mol. The lowest BCUT2D eigenvalue weighted by molar-refractivity contribution is -0.132. The number of benzene rings is 2. The standard InChI is InChI=1S/C24H25FN4O2/c25-22-14-19(10-11-21(22)18-6-2-1-3-7-18)24(31)20-8-4-12-28(15-20)23(30)9-5-13-29-17-26-16-27-29/h1-3,6-7,10-11,14,16-17,20H,4-5,8-9,12-13,15H2/t20-/m0/s1. The predicted octanol–water partition coefficient (Wildman–Crippen LogP) is 3.99. The van der Waals surface area contributed by atoms with Crippen molar-refractivity contribution in [2.75, 3.05) is 13.1 Å². The van der Waals surface area contributed by atoms with Crippen LogP contribution in [0.3, 0.4) is 0 Å². The van der Waals surface area contributed by atoms with Crippen LogP contribution in [0.1, 0.15) is 36.0 Å². The molecule has 0 saturated carbocycles. The molecule has 1 aliphatic heterocycles. The van der Waals surface area contributed by atoms with Gasteiger partial charge >= 0.3 is 0 Å². The molecule has 4 rings (SSSR count). The minimum Gasteiger partial charge on any atom is -0.342 e. The minimum absolute atomic E-state index is 0.0446. The average Bonchev–Trinajstić information content (AvgIpc) is 3.32. The Balaban J connectivity index is 1.37. The molecule has 7 heteroatoms. The van der Waals surface area contributed by atoms with Gasteiger partial charge in [0, 0.05) is 43.1 Å². The van der Waals surface area contributed by atoms with Crippen LogP contribution in [-0.2, 0) is 11.3 Å². The largest absolute Gasteiger partial charge is 0.342 e. The van der Waals surface area contributed by atoms with Gasteiger partial charge in [0.2, 0.25) is 5.91 Å². The van der Waals surface area contributed by atoms with Crippen LogP contribution in [0.5, 0.6) is 0 Å². The van der Waals surface area contributed by atoms with Crippen molar-refractivity contribution in [1.29, 1.82) is 0 Å². The van der Waals surface area contributed by atoms with Crippen LogP contribution in [0.25, 0.3) is 11.1 Å². The van der Waals surface area contributed by atoms with Crippen molar-refractivity contribution in [3.8, 4) is 11.1 Å². The van der Waals surface area contributed by atoms with Gasteiger partial charge in [-0.1, -0.05) is 42.5 Å². The third-order valence-corrected chi connectivity index (χ3v) is 5.73. The van der Waals surface area contributed by atoms with Gasteiger partial charge in [0.25, 0.3) is 0 Å². The van der Waals surface area contributed by atoms with Gasteiger partial charge in [-0.15, -0.1) is 0 Å². The summed E-state index contributed by atoms with van der Waals surface area (Å²) in [4.78, 5) is 31.3. The van der Waals surface area contributed by atoms with Gasteiger partial charge < -0.3 is 4.90 Å².